The SMILES string of the molecule is C=C(CS)COc1cccc2ccc(C)nc12. The minimum absolute atomic E-state index is 0.484. The van der Waals surface area contributed by atoms with Crippen molar-refractivity contribution < 1.29 is 4.74 Å². The van der Waals surface area contributed by atoms with Crippen molar-refractivity contribution >= 4 is 23.5 Å². The molecule has 0 atom stereocenters. The number of para-hydroxylation sites is 1. The number of hydrogen-bond donors (Lipinski definition) is 1. The van der Waals surface area contributed by atoms with Gasteiger partial charge in [-0.3, -0.25) is 0 Å². The van der Waals surface area contributed by atoms with Gasteiger partial charge in [-0.15, -0.1) is 0 Å². The summed E-state index contributed by atoms with van der Waals surface area (Å²) < 4.78 is 5.72. The fourth-order valence-corrected chi connectivity index (χ4v) is 1.65. The van der Waals surface area contributed by atoms with Gasteiger partial charge < -0.3 is 4.74 Å². The lowest BCUT2D eigenvalue weighted by atomic mass is 10.2. The van der Waals surface area contributed by atoms with E-state index in [0.29, 0.717) is 12.4 Å². The van der Waals surface area contributed by atoms with Crippen LogP contribution in [0.25, 0.3) is 10.9 Å². The van der Waals surface area contributed by atoms with E-state index in [1.165, 1.54) is 0 Å². The van der Waals surface area contributed by atoms with Crippen molar-refractivity contribution in [2.75, 3.05) is 12.4 Å². The largest absolute Gasteiger partial charge is 0.487 e. The number of thiol groups is 1. The Kier molecular flexibility index (Phi) is 3.69. The minimum atomic E-state index is 0.484. The van der Waals surface area contributed by atoms with Gasteiger partial charge in [0.25, 0.3) is 0 Å². The summed E-state index contributed by atoms with van der Waals surface area (Å²) in [6, 6.07) is 9.98. The van der Waals surface area contributed by atoms with Crippen LogP contribution in [0.15, 0.2) is 42.5 Å². The predicted molar refractivity (Wildman–Crippen MR) is 75.0 cm³/mol. The van der Waals surface area contributed by atoms with E-state index >= 15 is 0 Å². The second-order valence-electron chi connectivity index (χ2n) is 3.98. The maximum absolute atomic E-state index is 5.72. The molecule has 88 valence electrons. The van der Waals surface area contributed by atoms with Gasteiger partial charge in [0.05, 0.1) is 0 Å². The van der Waals surface area contributed by atoms with Crippen LogP contribution in [-0.4, -0.2) is 17.3 Å². The first-order chi connectivity index (χ1) is 8.20. The maximum atomic E-state index is 5.72. The van der Waals surface area contributed by atoms with Gasteiger partial charge in [0.15, 0.2) is 0 Å². The molecule has 2 rings (SSSR count). The van der Waals surface area contributed by atoms with Gasteiger partial charge in [-0.1, -0.05) is 24.8 Å². The van der Waals surface area contributed by atoms with Crippen LogP contribution in [0, 0.1) is 6.92 Å². The molecule has 1 aromatic heterocycles. The normalized spacial score (nSPS) is 10.5. The Hall–Kier alpha value is -1.48. The Morgan fingerprint density at radius 1 is 1.35 bits per heavy atom. The zero-order valence-electron chi connectivity index (χ0n) is 9.81. The molecule has 0 fully saturated rings. The third kappa shape index (κ3) is 2.80. The van der Waals surface area contributed by atoms with Crippen molar-refractivity contribution in [3.63, 3.8) is 0 Å². The Balaban J connectivity index is 2.33. The summed E-state index contributed by atoms with van der Waals surface area (Å²) in [5, 5.41) is 1.09. The predicted octanol–water partition coefficient (Wildman–Crippen LogP) is 3.41. The summed E-state index contributed by atoms with van der Waals surface area (Å²) in [6.45, 7) is 6.32. The topological polar surface area (TPSA) is 22.1 Å². The smallest absolute Gasteiger partial charge is 0.146 e. The van der Waals surface area contributed by atoms with Gasteiger partial charge in [-0.05, 0) is 24.6 Å². The molecule has 0 spiro atoms. The van der Waals surface area contributed by atoms with Crippen LogP contribution in [0.2, 0.25) is 0 Å². The standard InChI is InChI=1S/C14H15NOS/c1-10(9-17)8-16-13-5-3-4-12-7-6-11(2)15-14(12)13/h3-7,17H,1,8-9H2,2H3. The number of pyridine rings is 1. The molecule has 0 saturated carbocycles. The van der Waals surface area contributed by atoms with Crippen molar-refractivity contribution in [3.8, 4) is 5.75 Å². The first kappa shape index (κ1) is 12.0. The Morgan fingerprint density at radius 2 is 2.18 bits per heavy atom. The number of rotatable bonds is 4. The highest BCUT2D eigenvalue weighted by atomic mass is 32.1. The number of nitrogens with zero attached hydrogens (tertiary/aromatic N) is 1. The number of aromatic nitrogens is 1. The van der Waals surface area contributed by atoms with Crippen molar-refractivity contribution in [2.24, 2.45) is 0 Å². The highest BCUT2D eigenvalue weighted by molar-refractivity contribution is 7.80. The molecule has 0 radical (unpaired) electrons. The molecule has 0 N–H and O–H groups in total. The van der Waals surface area contributed by atoms with Crippen molar-refractivity contribution in [2.45, 2.75) is 6.92 Å². The number of fused-ring (bicyclic) bond motifs is 1. The number of hydrogen-bond acceptors (Lipinski definition) is 3. The fraction of sp³-hybridized carbons (Fsp3) is 0.214. The van der Waals surface area contributed by atoms with E-state index < -0.39 is 0 Å². The van der Waals surface area contributed by atoms with Crippen LogP contribution in [0.4, 0.5) is 0 Å². The van der Waals surface area contributed by atoms with Crippen LogP contribution in [0.5, 0.6) is 5.75 Å². The van der Waals surface area contributed by atoms with E-state index in [1.54, 1.807) is 0 Å². The van der Waals surface area contributed by atoms with Crippen molar-refractivity contribution in [3.05, 3.63) is 48.2 Å². The van der Waals surface area contributed by atoms with Crippen molar-refractivity contribution in [1.29, 1.82) is 0 Å². The molecule has 1 aromatic carbocycles. The molecular weight excluding hydrogens is 230 g/mol. The van der Waals surface area contributed by atoms with E-state index in [9.17, 15) is 0 Å². The summed E-state index contributed by atoms with van der Waals surface area (Å²) in [5.74, 6) is 1.44. The average Bonchev–Trinajstić information content (AvgIpc) is 2.35. The van der Waals surface area contributed by atoms with Crippen LogP contribution in [0.3, 0.4) is 0 Å². The lowest BCUT2D eigenvalue weighted by Crippen LogP contribution is -2.02. The monoisotopic (exact) mass is 245 g/mol. The highest BCUT2D eigenvalue weighted by Crippen LogP contribution is 2.24. The number of ether oxygens (including phenoxy) is 1. The van der Waals surface area contributed by atoms with Crippen LogP contribution in [-0.2, 0) is 0 Å². The van der Waals surface area contributed by atoms with E-state index in [-0.39, 0.29) is 0 Å². The highest BCUT2D eigenvalue weighted by Gasteiger charge is 2.04. The molecule has 0 saturated heterocycles. The van der Waals surface area contributed by atoms with Gasteiger partial charge in [-0.2, -0.15) is 12.6 Å². The summed E-state index contributed by atoms with van der Waals surface area (Å²) in [6.07, 6.45) is 0. The van der Waals surface area contributed by atoms with Crippen LogP contribution in [0.1, 0.15) is 5.69 Å². The van der Waals surface area contributed by atoms with E-state index in [4.69, 9.17) is 4.74 Å². The summed E-state index contributed by atoms with van der Waals surface area (Å²) in [7, 11) is 0. The molecule has 17 heavy (non-hydrogen) atoms. The Labute approximate surface area is 107 Å². The molecule has 2 aromatic rings. The summed E-state index contributed by atoms with van der Waals surface area (Å²) in [4.78, 5) is 4.51. The molecule has 0 unspecified atom stereocenters. The first-order valence-electron chi connectivity index (χ1n) is 5.47. The fourth-order valence-electron chi connectivity index (χ4n) is 1.56. The molecular formula is C14H15NOS. The molecule has 1 heterocycles. The van der Waals surface area contributed by atoms with E-state index in [0.717, 1.165) is 27.9 Å². The first-order valence-corrected chi connectivity index (χ1v) is 6.10. The third-order valence-corrected chi connectivity index (χ3v) is 2.93. The van der Waals surface area contributed by atoms with Gasteiger partial charge in [0, 0.05) is 16.8 Å². The molecule has 0 bridgehead atoms. The molecule has 0 aliphatic carbocycles. The van der Waals surface area contributed by atoms with E-state index in [1.807, 2.05) is 31.2 Å². The zero-order chi connectivity index (χ0) is 12.3. The number of aryl methyl sites for hydroxylation is 1. The van der Waals surface area contributed by atoms with Gasteiger partial charge in [0.2, 0.25) is 0 Å². The van der Waals surface area contributed by atoms with Gasteiger partial charge >= 0.3 is 0 Å². The summed E-state index contributed by atoms with van der Waals surface area (Å²) >= 11 is 4.16. The van der Waals surface area contributed by atoms with Crippen LogP contribution >= 0.6 is 12.6 Å². The molecule has 3 heteroatoms. The second kappa shape index (κ2) is 5.23. The Bertz CT molecular complexity index is 551. The van der Waals surface area contributed by atoms with Crippen molar-refractivity contribution in [1.82, 2.24) is 4.98 Å². The van der Waals surface area contributed by atoms with Crippen LogP contribution < -0.4 is 4.74 Å². The zero-order valence-corrected chi connectivity index (χ0v) is 10.7. The Morgan fingerprint density at radius 3 is 2.94 bits per heavy atom. The lowest BCUT2D eigenvalue weighted by Gasteiger charge is -2.09. The maximum Gasteiger partial charge on any atom is 0.146 e. The van der Waals surface area contributed by atoms with Gasteiger partial charge in [0.1, 0.15) is 17.9 Å². The number of benzene rings is 1. The second-order valence-corrected chi connectivity index (χ2v) is 4.29. The van der Waals surface area contributed by atoms with Gasteiger partial charge in [-0.25, -0.2) is 4.98 Å². The molecule has 2 nitrogen and oxygen atoms in total. The molecule has 0 aliphatic heterocycles. The third-order valence-electron chi connectivity index (χ3n) is 2.48. The summed E-state index contributed by atoms with van der Waals surface area (Å²) in [5.41, 5.74) is 2.85. The molecule has 0 aliphatic rings. The average molecular weight is 245 g/mol. The minimum Gasteiger partial charge on any atom is -0.487 e. The molecule has 0 amide bonds. The lowest BCUT2D eigenvalue weighted by molar-refractivity contribution is 0.357. The quantitative estimate of drug-likeness (QED) is 0.658. The van der Waals surface area contributed by atoms with E-state index in [2.05, 4.69) is 30.3 Å².